The predicted octanol–water partition coefficient (Wildman–Crippen LogP) is 1.85. The summed E-state index contributed by atoms with van der Waals surface area (Å²) in [5.74, 6) is 0.0284. The van der Waals surface area contributed by atoms with Gasteiger partial charge in [0, 0.05) is 12.7 Å². The van der Waals surface area contributed by atoms with Gasteiger partial charge in [-0.05, 0) is 43.6 Å². The number of carbonyl (C=O) groups excluding carboxylic acids is 1. The first-order chi connectivity index (χ1) is 8.66. The second kappa shape index (κ2) is 4.20. The molecule has 18 heavy (non-hydrogen) atoms. The number of aryl methyl sites for hydroxylation is 1. The Hall–Kier alpha value is -1.69. The lowest BCUT2D eigenvalue weighted by Gasteiger charge is -2.23. The molecular weight excluding hydrogens is 248 g/mol. The highest BCUT2D eigenvalue weighted by atomic mass is 32.1. The third-order valence-electron chi connectivity index (χ3n) is 3.26. The topological polar surface area (TPSA) is 62.7 Å². The smallest absolute Gasteiger partial charge is 0.243 e. The van der Waals surface area contributed by atoms with Gasteiger partial charge in [-0.25, -0.2) is 4.98 Å². The molecule has 1 aliphatic heterocycles. The monoisotopic (exact) mass is 262 g/mol. The fourth-order valence-electron chi connectivity index (χ4n) is 2.41. The van der Waals surface area contributed by atoms with Crippen LogP contribution in [-0.4, -0.2) is 27.0 Å². The second-order valence-corrected chi connectivity index (χ2v) is 5.02. The Morgan fingerprint density at radius 1 is 1.56 bits per heavy atom. The van der Waals surface area contributed by atoms with Gasteiger partial charge in [-0.1, -0.05) is 0 Å². The lowest BCUT2D eigenvalue weighted by Crippen LogP contribution is -2.38. The summed E-state index contributed by atoms with van der Waals surface area (Å²) >= 11 is 5.32. The van der Waals surface area contributed by atoms with Gasteiger partial charge in [-0.15, -0.1) is 0 Å². The van der Waals surface area contributed by atoms with E-state index in [1.807, 2.05) is 17.6 Å². The van der Waals surface area contributed by atoms with E-state index in [0.29, 0.717) is 4.77 Å². The first-order valence-electron chi connectivity index (χ1n) is 6.01. The summed E-state index contributed by atoms with van der Waals surface area (Å²) in [6.07, 6.45) is 3.57. The molecule has 1 amide bonds. The molecule has 0 saturated carbocycles. The largest absolute Gasteiger partial charge is 0.354 e. The minimum Gasteiger partial charge on any atom is -0.354 e. The number of imidazole rings is 1. The van der Waals surface area contributed by atoms with Crippen molar-refractivity contribution in [1.29, 1.82) is 0 Å². The number of rotatable bonds is 1. The molecule has 2 aromatic rings. The Labute approximate surface area is 109 Å². The molecule has 3 rings (SSSR count). The molecule has 1 unspecified atom stereocenters. The Morgan fingerprint density at radius 3 is 3.17 bits per heavy atom. The third kappa shape index (κ3) is 1.73. The molecule has 2 N–H and O–H groups in total. The predicted molar refractivity (Wildman–Crippen MR) is 70.9 cm³/mol. The maximum atomic E-state index is 11.9. The van der Waals surface area contributed by atoms with Gasteiger partial charge in [0.25, 0.3) is 0 Å². The molecule has 94 valence electrons. The third-order valence-corrected chi connectivity index (χ3v) is 3.56. The number of aromatic amines is 1. The molecule has 0 aliphatic carbocycles. The van der Waals surface area contributed by atoms with Gasteiger partial charge in [0.2, 0.25) is 5.91 Å². The summed E-state index contributed by atoms with van der Waals surface area (Å²) in [6, 6.07) is 1.75. The first kappa shape index (κ1) is 11.4. The van der Waals surface area contributed by atoms with Crippen molar-refractivity contribution in [3.63, 3.8) is 0 Å². The number of aromatic nitrogens is 3. The van der Waals surface area contributed by atoms with Crippen LogP contribution in [0.2, 0.25) is 0 Å². The number of nitrogens with one attached hydrogen (secondary N) is 2. The molecule has 3 heterocycles. The molecule has 6 heteroatoms. The van der Waals surface area contributed by atoms with Gasteiger partial charge in [-0.2, -0.15) is 0 Å². The van der Waals surface area contributed by atoms with E-state index in [0.717, 1.165) is 36.1 Å². The van der Waals surface area contributed by atoms with Crippen molar-refractivity contribution < 1.29 is 4.79 Å². The summed E-state index contributed by atoms with van der Waals surface area (Å²) in [6.45, 7) is 2.73. The number of hydrogen-bond acceptors (Lipinski definition) is 3. The summed E-state index contributed by atoms with van der Waals surface area (Å²) in [5.41, 5.74) is 2.71. The summed E-state index contributed by atoms with van der Waals surface area (Å²) in [7, 11) is 0. The van der Waals surface area contributed by atoms with Crippen LogP contribution in [-0.2, 0) is 4.79 Å². The molecule has 0 spiro atoms. The van der Waals surface area contributed by atoms with Gasteiger partial charge in [0.15, 0.2) is 10.4 Å². The van der Waals surface area contributed by atoms with Gasteiger partial charge in [-0.3, -0.25) is 9.36 Å². The van der Waals surface area contributed by atoms with Crippen LogP contribution in [0, 0.1) is 11.7 Å². The van der Waals surface area contributed by atoms with Crippen LogP contribution in [0.25, 0.3) is 11.2 Å². The van der Waals surface area contributed by atoms with Crippen LogP contribution in [0.15, 0.2) is 12.3 Å². The number of nitrogens with zero attached hydrogens (tertiary/aromatic N) is 2. The number of H-pyrrole nitrogens is 1. The Kier molecular flexibility index (Phi) is 2.66. The minimum atomic E-state index is -0.241. The van der Waals surface area contributed by atoms with E-state index in [4.69, 9.17) is 12.2 Å². The Balaban J connectivity index is 2.19. The van der Waals surface area contributed by atoms with Crippen molar-refractivity contribution in [2.75, 3.05) is 6.54 Å². The second-order valence-electron chi connectivity index (χ2n) is 4.63. The molecule has 0 aromatic carbocycles. The van der Waals surface area contributed by atoms with Crippen molar-refractivity contribution in [3.8, 4) is 0 Å². The Bertz CT molecular complexity index is 672. The fourth-order valence-corrected chi connectivity index (χ4v) is 2.73. The van der Waals surface area contributed by atoms with Crippen LogP contribution < -0.4 is 5.32 Å². The van der Waals surface area contributed by atoms with Gasteiger partial charge < -0.3 is 10.3 Å². The maximum Gasteiger partial charge on any atom is 0.243 e. The summed E-state index contributed by atoms with van der Waals surface area (Å²) < 4.78 is 2.39. The highest BCUT2D eigenvalue weighted by Crippen LogP contribution is 2.23. The molecule has 2 aromatic heterocycles. The standard InChI is InChI=1S/C12H14N4OS/c1-7-5-8-10(14-6-7)16(12(18)15-8)9-3-2-4-13-11(9)17/h5-6,9H,2-4H2,1H3,(H,13,17)(H,15,18). The number of fused-ring (bicyclic) bond motifs is 1. The molecule has 0 radical (unpaired) electrons. The number of hydrogen-bond donors (Lipinski definition) is 2. The zero-order valence-electron chi connectivity index (χ0n) is 10.1. The molecular formula is C12H14N4OS. The average molecular weight is 262 g/mol. The number of carbonyl (C=O) groups is 1. The van der Waals surface area contributed by atoms with E-state index in [2.05, 4.69) is 15.3 Å². The van der Waals surface area contributed by atoms with Crippen LogP contribution in [0.4, 0.5) is 0 Å². The maximum absolute atomic E-state index is 11.9. The van der Waals surface area contributed by atoms with Crippen molar-refractivity contribution in [2.24, 2.45) is 0 Å². The normalized spacial score (nSPS) is 20.1. The van der Waals surface area contributed by atoms with E-state index in [9.17, 15) is 4.79 Å². The number of amides is 1. The van der Waals surface area contributed by atoms with Crippen molar-refractivity contribution >= 4 is 29.3 Å². The summed E-state index contributed by atoms with van der Waals surface area (Å²) in [5, 5.41) is 2.88. The fraction of sp³-hybridized carbons (Fsp3) is 0.417. The van der Waals surface area contributed by atoms with Crippen LogP contribution in [0.5, 0.6) is 0 Å². The van der Waals surface area contributed by atoms with E-state index < -0.39 is 0 Å². The Morgan fingerprint density at radius 2 is 2.39 bits per heavy atom. The molecule has 5 nitrogen and oxygen atoms in total. The first-order valence-corrected chi connectivity index (χ1v) is 6.42. The van der Waals surface area contributed by atoms with Crippen LogP contribution in [0.3, 0.4) is 0 Å². The van der Waals surface area contributed by atoms with Gasteiger partial charge in [0.1, 0.15) is 6.04 Å². The van der Waals surface area contributed by atoms with E-state index in [-0.39, 0.29) is 11.9 Å². The van der Waals surface area contributed by atoms with E-state index in [1.54, 1.807) is 6.20 Å². The van der Waals surface area contributed by atoms with Gasteiger partial charge in [0.05, 0.1) is 5.52 Å². The molecule has 1 fully saturated rings. The van der Waals surface area contributed by atoms with Crippen LogP contribution in [0.1, 0.15) is 24.4 Å². The molecule has 1 aliphatic rings. The number of pyridine rings is 1. The van der Waals surface area contributed by atoms with Crippen molar-refractivity contribution in [2.45, 2.75) is 25.8 Å². The summed E-state index contributed by atoms with van der Waals surface area (Å²) in [4.78, 5) is 19.5. The van der Waals surface area contributed by atoms with Crippen LogP contribution >= 0.6 is 12.2 Å². The van der Waals surface area contributed by atoms with E-state index in [1.165, 1.54) is 0 Å². The minimum absolute atomic E-state index is 0.0284. The van der Waals surface area contributed by atoms with E-state index >= 15 is 0 Å². The zero-order valence-corrected chi connectivity index (χ0v) is 10.9. The van der Waals surface area contributed by atoms with Gasteiger partial charge >= 0.3 is 0 Å². The zero-order chi connectivity index (χ0) is 12.7. The SMILES string of the molecule is Cc1cnc2c(c1)[nH]c(=S)n2C1CCCNC1=O. The highest BCUT2D eigenvalue weighted by Gasteiger charge is 2.26. The average Bonchev–Trinajstić information content (AvgIpc) is 2.65. The molecule has 1 atom stereocenters. The number of piperidine rings is 1. The van der Waals surface area contributed by atoms with Crippen molar-refractivity contribution in [3.05, 3.63) is 22.6 Å². The highest BCUT2D eigenvalue weighted by molar-refractivity contribution is 7.71. The molecule has 1 saturated heterocycles. The quantitative estimate of drug-likeness (QED) is 0.771. The lowest BCUT2D eigenvalue weighted by atomic mass is 10.1. The molecule has 0 bridgehead atoms. The lowest BCUT2D eigenvalue weighted by molar-refractivity contribution is -0.125. The van der Waals surface area contributed by atoms with Crippen molar-refractivity contribution in [1.82, 2.24) is 19.9 Å².